The van der Waals surface area contributed by atoms with Gasteiger partial charge in [0, 0.05) is 12.1 Å². The highest BCUT2D eigenvalue weighted by Crippen LogP contribution is 2.36. The summed E-state index contributed by atoms with van der Waals surface area (Å²) >= 11 is 0. The fourth-order valence-corrected chi connectivity index (χ4v) is 4.68. The summed E-state index contributed by atoms with van der Waals surface area (Å²) in [6.07, 6.45) is 14.0. The van der Waals surface area contributed by atoms with Gasteiger partial charge in [-0.2, -0.15) is 9.97 Å². The number of aromatic nitrogens is 6. The van der Waals surface area contributed by atoms with Gasteiger partial charge in [0.2, 0.25) is 23.8 Å². The average Bonchev–Trinajstić information content (AvgIpc) is 2.71. The third-order valence-electron chi connectivity index (χ3n) is 6.21. The molecule has 2 aliphatic rings. The molecular weight excluding hydrogens is 368 g/mol. The van der Waals surface area contributed by atoms with E-state index in [1.807, 2.05) is 0 Å². The smallest absolute Gasteiger partial charge is 0.227 e. The molecule has 2 aromatic rings. The highest BCUT2D eigenvalue weighted by atomic mass is 15.2. The Bertz CT molecular complexity index is 719. The number of nitrogens with zero attached hydrogens (tertiary/aromatic N) is 6. The molecule has 0 spiro atoms. The molecule has 2 saturated carbocycles. The molecule has 0 bridgehead atoms. The van der Waals surface area contributed by atoms with Crippen LogP contribution in [0.1, 0.15) is 57.8 Å². The van der Waals surface area contributed by atoms with E-state index in [4.69, 9.17) is 11.5 Å². The van der Waals surface area contributed by atoms with E-state index in [2.05, 4.69) is 40.5 Å². The molecular formula is C19H30N10. The summed E-state index contributed by atoms with van der Waals surface area (Å²) in [6.45, 7) is 0. The highest BCUT2D eigenvalue weighted by molar-refractivity contribution is 5.31. The molecule has 0 aliphatic heterocycles. The molecule has 6 N–H and O–H groups in total. The van der Waals surface area contributed by atoms with E-state index < -0.39 is 0 Å². The van der Waals surface area contributed by atoms with Crippen LogP contribution in [0.3, 0.4) is 0 Å². The lowest BCUT2D eigenvalue weighted by Crippen LogP contribution is -2.30. The molecule has 29 heavy (non-hydrogen) atoms. The first-order chi connectivity index (χ1) is 14.1. The minimum atomic E-state index is 0.264. The van der Waals surface area contributed by atoms with Gasteiger partial charge in [0.05, 0.1) is 0 Å². The van der Waals surface area contributed by atoms with E-state index in [1.54, 1.807) is 0 Å². The summed E-state index contributed by atoms with van der Waals surface area (Å²) in [5.41, 5.74) is 11.3. The van der Waals surface area contributed by atoms with Gasteiger partial charge in [-0.15, -0.1) is 0 Å². The predicted molar refractivity (Wildman–Crippen MR) is 112 cm³/mol. The first-order valence-electron chi connectivity index (χ1n) is 10.6. The third kappa shape index (κ3) is 5.61. The predicted octanol–water partition coefficient (Wildman–Crippen LogP) is 2.25. The van der Waals surface area contributed by atoms with Crippen LogP contribution in [0.4, 0.5) is 23.8 Å². The van der Waals surface area contributed by atoms with Gasteiger partial charge in [0.25, 0.3) is 0 Å². The Labute approximate surface area is 170 Å². The Morgan fingerprint density at radius 3 is 1.45 bits per heavy atom. The summed E-state index contributed by atoms with van der Waals surface area (Å²) < 4.78 is 0. The van der Waals surface area contributed by atoms with Crippen LogP contribution >= 0.6 is 0 Å². The van der Waals surface area contributed by atoms with Gasteiger partial charge in [-0.25, -0.2) is 19.9 Å². The maximum Gasteiger partial charge on any atom is 0.227 e. The number of nitrogens with two attached hydrogens (primary N) is 2. The monoisotopic (exact) mass is 398 g/mol. The normalized spacial score (nSPS) is 27.3. The molecule has 0 aromatic carbocycles. The van der Waals surface area contributed by atoms with Crippen LogP contribution in [0, 0.1) is 11.8 Å². The van der Waals surface area contributed by atoms with Crippen LogP contribution in [0.2, 0.25) is 0 Å². The second-order valence-corrected chi connectivity index (χ2v) is 8.29. The van der Waals surface area contributed by atoms with Crippen molar-refractivity contribution in [1.82, 2.24) is 29.9 Å². The zero-order valence-corrected chi connectivity index (χ0v) is 16.7. The van der Waals surface area contributed by atoms with Gasteiger partial charge in [-0.05, 0) is 69.6 Å². The summed E-state index contributed by atoms with van der Waals surface area (Å²) in [5, 5.41) is 6.81. The molecule has 2 aliphatic carbocycles. The zero-order valence-electron chi connectivity index (χ0n) is 16.7. The first kappa shape index (κ1) is 19.5. The van der Waals surface area contributed by atoms with E-state index in [0.717, 1.165) is 37.5 Å². The topological polar surface area (TPSA) is 153 Å². The Morgan fingerprint density at radius 1 is 0.655 bits per heavy atom. The van der Waals surface area contributed by atoms with E-state index in [0.29, 0.717) is 24.0 Å². The molecule has 0 radical (unpaired) electrons. The summed E-state index contributed by atoms with van der Waals surface area (Å²) in [5.74, 6) is 3.36. The van der Waals surface area contributed by atoms with Crippen LogP contribution in [0.5, 0.6) is 0 Å². The van der Waals surface area contributed by atoms with Crippen molar-refractivity contribution in [1.29, 1.82) is 0 Å². The Kier molecular flexibility index (Phi) is 6.16. The number of nitrogen functional groups attached to an aromatic ring is 2. The number of anilines is 4. The number of hydrogen-bond acceptors (Lipinski definition) is 10. The maximum absolute atomic E-state index is 5.63. The number of rotatable bonds is 6. The van der Waals surface area contributed by atoms with Crippen LogP contribution < -0.4 is 22.1 Å². The van der Waals surface area contributed by atoms with Crippen LogP contribution in [0.25, 0.3) is 0 Å². The molecule has 2 aromatic heterocycles. The Hall–Kier alpha value is -2.78. The summed E-state index contributed by atoms with van der Waals surface area (Å²) in [6, 6.07) is 0.863. The van der Waals surface area contributed by atoms with Crippen molar-refractivity contribution in [3.05, 3.63) is 12.7 Å². The lowest BCUT2D eigenvalue weighted by molar-refractivity contribution is 0.232. The molecule has 156 valence electrons. The quantitative estimate of drug-likeness (QED) is 0.569. The van der Waals surface area contributed by atoms with Crippen molar-refractivity contribution >= 4 is 23.8 Å². The van der Waals surface area contributed by atoms with Gasteiger partial charge in [0.1, 0.15) is 12.7 Å². The van der Waals surface area contributed by atoms with E-state index in [-0.39, 0.29) is 11.9 Å². The lowest BCUT2D eigenvalue weighted by atomic mass is 9.75. The van der Waals surface area contributed by atoms with Crippen LogP contribution in [0.15, 0.2) is 12.7 Å². The SMILES string of the molecule is Nc1ncnc(NC2CCC(CC3CCC(Nc4ncnc(N)n4)CC3)CC2)n1. The van der Waals surface area contributed by atoms with Gasteiger partial charge < -0.3 is 22.1 Å². The first-order valence-corrected chi connectivity index (χ1v) is 10.6. The molecule has 0 unspecified atom stereocenters. The second kappa shape index (κ2) is 9.15. The summed E-state index contributed by atoms with van der Waals surface area (Å²) in [7, 11) is 0. The Balaban J connectivity index is 1.16. The van der Waals surface area contributed by atoms with E-state index in [1.165, 1.54) is 44.8 Å². The average molecular weight is 399 g/mol. The van der Waals surface area contributed by atoms with Gasteiger partial charge in [0.15, 0.2) is 0 Å². The molecule has 0 atom stereocenters. The van der Waals surface area contributed by atoms with Gasteiger partial charge in [-0.3, -0.25) is 0 Å². The largest absolute Gasteiger partial charge is 0.368 e. The molecule has 2 heterocycles. The number of hydrogen-bond donors (Lipinski definition) is 4. The molecule has 10 nitrogen and oxygen atoms in total. The third-order valence-corrected chi connectivity index (χ3v) is 6.21. The van der Waals surface area contributed by atoms with Crippen LogP contribution in [-0.4, -0.2) is 42.0 Å². The van der Waals surface area contributed by atoms with Crippen molar-refractivity contribution in [3.8, 4) is 0 Å². The number of nitrogens with one attached hydrogen (secondary N) is 2. The standard InChI is InChI=1S/C19H30N10/c20-16-22-10-24-18(28-16)26-14-5-1-12(2-6-14)9-13-3-7-15(8-4-13)27-19-25-11-23-17(21)29-19/h10-15H,1-9H2,(H3,20,22,24,26,28)(H3,21,23,25,27,29). The van der Waals surface area contributed by atoms with Crippen molar-refractivity contribution < 1.29 is 0 Å². The van der Waals surface area contributed by atoms with E-state index in [9.17, 15) is 0 Å². The van der Waals surface area contributed by atoms with Crippen molar-refractivity contribution in [3.63, 3.8) is 0 Å². The minimum absolute atomic E-state index is 0.264. The molecule has 0 saturated heterocycles. The van der Waals surface area contributed by atoms with Crippen molar-refractivity contribution in [2.75, 3.05) is 22.1 Å². The van der Waals surface area contributed by atoms with E-state index >= 15 is 0 Å². The highest BCUT2D eigenvalue weighted by Gasteiger charge is 2.27. The zero-order chi connectivity index (χ0) is 20.1. The second-order valence-electron chi connectivity index (χ2n) is 8.29. The van der Waals surface area contributed by atoms with Gasteiger partial charge in [-0.1, -0.05) is 0 Å². The lowest BCUT2D eigenvalue weighted by Gasteiger charge is -2.34. The fourth-order valence-electron chi connectivity index (χ4n) is 4.68. The van der Waals surface area contributed by atoms with Crippen LogP contribution in [-0.2, 0) is 0 Å². The van der Waals surface area contributed by atoms with Gasteiger partial charge >= 0.3 is 0 Å². The fraction of sp³-hybridized carbons (Fsp3) is 0.684. The van der Waals surface area contributed by atoms with Crippen molar-refractivity contribution in [2.45, 2.75) is 69.9 Å². The summed E-state index contributed by atoms with van der Waals surface area (Å²) in [4.78, 5) is 24.3. The molecule has 2 fully saturated rings. The minimum Gasteiger partial charge on any atom is -0.368 e. The Morgan fingerprint density at radius 2 is 1.07 bits per heavy atom. The van der Waals surface area contributed by atoms with Crippen molar-refractivity contribution in [2.24, 2.45) is 11.8 Å². The maximum atomic E-state index is 5.63. The molecule has 0 amide bonds. The molecule has 4 rings (SSSR count). The molecule has 10 heteroatoms.